The van der Waals surface area contributed by atoms with E-state index in [0.29, 0.717) is 12.8 Å². The lowest BCUT2D eigenvalue weighted by atomic mass is 10.0. The molecule has 21 heavy (non-hydrogen) atoms. The first kappa shape index (κ1) is 16.0. The molecule has 0 saturated carbocycles. The Bertz CT molecular complexity index is 638. The zero-order valence-electron chi connectivity index (χ0n) is 12.8. The average Bonchev–Trinajstić information content (AvgIpc) is 2.75. The van der Waals surface area contributed by atoms with Crippen molar-refractivity contribution < 1.29 is 17.9 Å². The minimum atomic E-state index is -3.73. The van der Waals surface area contributed by atoms with Crippen LogP contribution in [0.4, 0.5) is 0 Å². The van der Waals surface area contributed by atoms with Gasteiger partial charge in [-0.15, -0.1) is 0 Å². The standard InChI is InChI=1S/C15H21NO4S/c1-11-5-7-13(8-6-11)21(18,19)16-12(2)9-10-15(16,3)14(17)20-4/h5-8,12H,9-10H2,1-4H3. The summed E-state index contributed by atoms with van der Waals surface area (Å²) in [6, 6.07) is 6.42. The van der Waals surface area contributed by atoms with E-state index in [2.05, 4.69) is 0 Å². The molecular weight excluding hydrogens is 290 g/mol. The predicted molar refractivity (Wildman–Crippen MR) is 79.3 cm³/mol. The molecule has 0 aromatic heterocycles. The van der Waals surface area contributed by atoms with Crippen LogP contribution in [0.1, 0.15) is 32.3 Å². The van der Waals surface area contributed by atoms with Crippen molar-refractivity contribution in [3.05, 3.63) is 29.8 Å². The lowest BCUT2D eigenvalue weighted by Crippen LogP contribution is -2.53. The van der Waals surface area contributed by atoms with E-state index < -0.39 is 21.5 Å². The summed E-state index contributed by atoms with van der Waals surface area (Å²) >= 11 is 0. The van der Waals surface area contributed by atoms with Crippen LogP contribution < -0.4 is 0 Å². The topological polar surface area (TPSA) is 63.7 Å². The molecular formula is C15H21NO4S. The summed E-state index contributed by atoms with van der Waals surface area (Å²) in [4.78, 5) is 12.3. The molecule has 1 saturated heterocycles. The van der Waals surface area contributed by atoms with Crippen LogP contribution >= 0.6 is 0 Å². The van der Waals surface area contributed by atoms with Crippen molar-refractivity contribution in [2.24, 2.45) is 0 Å². The molecule has 2 atom stereocenters. The van der Waals surface area contributed by atoms with Gasteiger partial charge >= 0.3 is 5.97 Å². The smallest absolute Gasteiger partial charge is 0.327 e. The van der Waals surface area contributed by atoms with Gasteiger partial charge in [-0.1, -0.05) is 17.7 Å². The summed E-state index contributed by atoms with van der Waals surface area (Å²) in [5.74, 6) is -0.512. The average molecular weight is 311 g/mol. The molecule has 1 heterocycles. The largest absolute Gasteiger partial charge is 0.468 e. The molecule has 2 unspecified atom stereocenters. The second-order valence-electron chi connectivity index (χ2n) is 5.77. The van der Waals surface area contributed by atoms with Crippen LogP contribution in [-0.4, -0.2) is 37.4 Å². The van der Waals surface area contributed by atoms with Gasteiger partial charge in [-0.05, 0) is 45.7 Å². The third-order valence-corrected chi connectivity index (χ3v) is 6.29. The molecule has 1 aliphatic rings. The molecule has 0 amide bonds. The summed E-state index contributed by atoms with van der Waals surface area (Å²) in [5, 5.41) is 0. The number of hydrogen-bond donors (Lipinski definition) is 0. The van der Waals surface area contributed by atoms with Gasteiger partial charge in [0, 0.05) is 6.04 Å². The van der Waals surface area contributed by atoms with Crippen LogP contribution in [0.25, 0.3) is 0 Å². The molecule has 0 radical (unpaired) electrons. The van der Waals surface area contributed by atoms with Crippen LogP contribution in [0.3, 0.4) is 0 Å². The molecule has 0 aliphatic carbocycles. The van der Waals surface area contributed by atoms with E-state index in [0.717, 1.165) is 5.56 Å². The number of sulfonamides is 1. The lowest BCUT2D eigenvalue weighted by Gasteiger charge is -2.34. The van der Waals surface area contributed by atoms with Crippen LogP contribution in [0.15, 0.2) is 29.2 Å². The number of carbonyl (C=O) groups is 1. The van der Waals surface area contributed by atoms with Gasteiger partial charge in [0.25, 0.3) is 0 Å². The van der Waals surface area contributed by atoms with Gasteiger partial charge < -0.3 is 4.74 Å². The number of methoxy groups -OCH3 is 1. The fourth-order valence-corrected chi connectivity index (χ4v) is 4.92. The van der Waals surface area contributed by atoms with Gasteiger partial charge in [0.15, 0.2) is 0 Å². The van der Waals surface area contributed by atoms with Crippen molar-refractivity contribution in [3.8, 4) is 0 Å². The molecule has 2 rings (SSSR count). The van der Waals surface area contributed by atoms with E-state index in [1.165, 1.54) is 11.4 Å². The zero-order valence-corrected chi connectivity index (χ0v) is 13.6. The molecule has 0 spiro atoms. The first-order valence-electron chi connectivity index (χ1n) is 6.93. The summed E-state index contributed by atoms with van der Waals surface area (Å²) in [6.45, 7) is 5.35. The molecule has 0 N–H and O–H groups in total. The summed E-state index contributed by atoms with van der Waals surface area (Å²) in [6.07, 6.45) is 1.10. The Balaban J connectivity index is 2.50. The van der Waals surface area contributed by atoms with E-state index in [9.17, 15) is 13.2 Å². The molecule has 1 aromatic carbocycles. The number of rotatable bonds is 3. The number of aryl methyl sites for hydroxylation is 1. The first-order valence-corrected chi connectivity index (χ1v) is 8.37. The summed E-state index contributed by atoms with van der Waals surface area (Å²) < 4.78 is 31.9. The maximum Gasteiger partial charge on any atom is 0.327 e. The molecule has 1 fully saturated rings. The Labute approximate surface area is 126 Å². The first-order chi connectivity index (χ1) is 9.73. The Kier molecular flexibility index (Phi) is 4.13. The normalized spacial score (nSPS) is 26.8. The second kappa shape index (κ2) is 5.42. The SMILES string of the molecule is COC(=O)C1(C)CCC(C)N1S(=O)(=O)c1ccc(C)cc1. The number of esters is 1. The number of nitrogens with zero attached hydrogens (tertiary/aromatic N) is 1. The van der Waals surface area contributed by atoms with E-state index in [4.69, 9.17) is 4.74 Å². The van der Waals surface area contributed by atoms with Gasteiger partial charge in [0.1, 0.15) is 5.54 Å². The van der Waals surface area contributed by atoms with Gasteiger partial charge in [0.05, 0.1) is 12.0 Å². The molecule has 1 aliphatic heterocycles. The molecule has 116 valence electrons. The van der Waals surface area contributed by atoms with Crippen LogP contribution in [0.2, 0.25) is 0 Å². The number of benzene rings is 1. The fourth-order valence-electron chi connectivity index (χ4n) is 2.94. The van der Waals surface area contributed by atoms with E-state index >= 15 is 0 Å². The van der Waals surface area contributed by atoms with Crippen LogP contribution in [0, 0.1) is 6.92 Å². The molecule has 1 aromatic rings. The zero-order chi connectivity index (χ0) is 15.8. The van der Waals surface area contributed by atoms with Crippen molar-refractivity contribution in [3.63, 3.8) is 0 Å². The van der Waals surface area contributed by atoms with Crippen molar-refractivity contribution in [2.75, 3.05) is 7.11 Å². The molecule has 0 bridgehead atoms. The minimum Gasteiger partial charge on any atom is -0.468 e. The summed E-state index contributed by atoms with van der Waals surface area (Å²) in [7, 11) is -2.45. The number of hydrogen-bond acceptors (Lipinski definition) is 4. The predicted octanol–water partition coefficient (Wildman–Crippen LogP) is 2.10. The highest BCUT2D eigenvalue weighted by atomic mass is 32.2. The fraction of sp³-hybridized carbons (Fsp3) is 0.533. The van der Waals surface area contributed by atoms with Gasteiger partial charge in [-0.3, -0.25) is 4.79 Å². The van der Waals surface area contributed by atoms with Crippen molar-refractivity contribution in [1.29, 1.82) is 0 Å². The quantitative estimate of drug-likeness (QED) is 0.802. The monoisotopic (exact) mass is 311 g/mol. The molecule has 5 nitrogen and oxygen atoms in total. The third-order valence-electron chi connectivity index (χ3n) is 4.14. The highest BCUT2D eigenvalue weighted by molar-refractivity contribution is 7.89. The Morgan fingerprint density at radius 2 is 1.90 bits per heavy atom. The Hall–Kier alpha value is -1.40. The second-order valence-corrected chi connectivity index (χ2v) is 7.58. The lowest BCUT2D eigenvalue weighted by molar-refractivity contribution is -0.150. The minimum absolute atomic E-state index is 0.206. The van der Waals surface area contributed by atoms with Gasteiger partial charge in [0.2, 0.25) is 10.0 Å². The molecule has 6 heteroatoms. The van der Waals surface area contributed by atoms with E-state index in [-0.39, 0.29) is 10.9 Å². The van der Waals surface area contributed by atoms with Crippen molar-refractivity contribution in [2.45, 2.75) is 50.1 Å². The van der Waals surface area contributed by atoms with Gasteiger partial charge in [-0.2, -0.15) is 4.31 Å². The van der Waals surface area contributed by atoms with E-state index in [1.807, 2.05) is 13.8 Å². The van der Waals surface area contributed by atoms with Crippen LogP contribution in [0.5, 0.6) is 0 Å². The van der Waals surface area contributed by atoms with Crippen molar-refractivity contribution in [1.82, 2.24) is 4.31 Å². The number of carbonyl (C=O) groups excluding carboxylic acids is 1. The maximum atomic E-state index is 12.9. The highest BCUT2D eigenvalue weighted by Crippen LogP contribution is 2.39. The number of ether oxygens (including phenoxy) is 1. The van der Waals surface area contributed by atoms with Crippen LogP contribution in [-0.2, 0) is 19.6 Å². The Morgan fingerprint density at radius 1 is 1.33 bits per heavy atom. The van der Waals surface area contributed by atoms with E-state index in [1.54, 1.807) is 31.2 Å². The highest BCUT2D eigenvalue weighted by Gasteiger charge is 2.53. The maximum absolute atomic E-state index is 12.9. The Morgan fingerprint density at radius 3 is 2.43 bits per heavy atom. The van der Waals surface area contributed by atoms with Crippen molar-refractivity contribution >= 4 is 16.0 Å². The third kappa shape index (κ3) is 2.58. The van der Waals surface area contributed by atoms with Gasteiger partial charge in [-0.25, -0.2) is 8.42 Å². The summed E-state index contributed by atoms with van der Waals surface area (Å²) in [5.41, 5.74) is -0.156.